The fraction of sp³-hybridized carbons (Fsp3) is 0.692. The van der Waals surface area contributed by atoms with E-state index in [2.05, 4.69) is 30.7 Å². The summed E-state index contributed by atoms with van der Waals surface area (Å²) in [5.74, 6) is 1.55. The Labute approximate surface area is 98.3 Å². The van der Waals surface area contributed by atoms with Gasteiger partial charge in [0.2, 0.25) is 0 Å². The van der Waals surface area contributed by atoms with Gasteiger partial charge in [-0.3, -0.25) is 0 Å². The van der Waals surface area contributed by atoms with Gasteiger partial charge in [-0.15, -0.1) is 0 Å². The first-order valence-corrected chi connectivity index (χ1v) is 6.07. The van der Waals surface area contributed by atoms with E-state index in [0.717, 1.165) is 37.3 Å². The Kier molecular flexibility index (Phi) is 4.71. The molecule has 0 unspecified atom stereocenters. The van der Waals surface area contributed by atoms with Crippen molar-refractivity contribution in [3.8, 4) is 5.75 Å². The van der Waals surface area contributed by atoms with Crippen molar-refractivity contribution in [2.24, 2.45) is 0 Å². The molecule has 3 heteroatoms. The molecular formula is C13H22N2O. The zero-order chi connectivity index (χ0) is 12.0. The van der Waals surface area contributed by atoms with Gasteiger partial charge in [-0.2, -0.15) is 0 Å². The number of rotatable bonds is 6. The second-order valence-corrected chi connectivity index (χ2v) is 4.52. The summed E-state index contributed by atoms with van der Waals surface area (Å²) in [6.45, 7) is 8.41. The van der Waals surface area contributed by atoms with Crippen LogP contribution in [0.2, 0.25) is 0 Å². The SMILES string of the molecule is CCCC(C)(CCC)Oc1cnc(C)nc1. The molecule has 0 bridgehead atoms. The smallest absolute Gasteiger partial charge is 0.156 e. The fourth-order valence-corrected chi connectivity index (χ4v) is 2.00. The van der Waals surface area contributed by atoms with E-state index in [1.165, 1.54) is 0 Å². The van der Waals surface area contributed by atoms with Crippen molar-refractivity contribution in [3.05, 3.63) is 18.2 Å². The Hall–Kier alpha value is -1.12. The normalized spacial score (nSPS) is 11.5. The summed E-state index contributed by atoms with van der Waals surface area (Å²) in [5.41, 5.74) is -0.0812. The number of ether oxygens (including phenoxy) is 1. The van der Waals surface area contributed by atoms with E-state index in [1.807, 2.05) is 6.92 Å². The summed E-state index contributed by atoms with van der Waals surface area (Å²) >= 11 is 0. The van der Waals surface area contributed by atoms with E-state index in [0.29, 0.717) is 0 Å². The van der Waals surface area contributed by atoms with Crippen LogP contribution in [0.3, 0.4) is 0 Å². The molecule has 0 spiro atoms. The highest BCUT2D eigenvalue weighted by Gasteiger charge is 2.24. The molecule has 0 radical (unpaired) electrons. The zero-order valence-electron chi connectivity index (χ0n) is 10.8. The average Bonchev–Trinajstić information content (AvgIpc) is 2.22. The minimum atomic E-state index is -0.0812. The molecule has 1 rings (SSSR count). The molecule has 0 amide bonds. The Morgan fingerprint density at radius 1 is 1.12 bits per heavy atom. The summed E-state index contributed by atoms with van der Waals surface area (Å²) in [7, 11) is 0. The third-order valence-corrected chi connectivity index (χ3v) is 2.68. The second-order valence-electron chi connectivity index (χ2n) is 4.52. The number of hydrogen-bond acceptors (Lipinski definition) is 3. The first-order valence-electron chi connectivity index (χ1n) is 6.07. The molecule has 0 N–H and O–H groups in total. The lowest BCUT2D eigenvalue weighted by Gasteiger charge is -2.30. The first kappa shape index (κ1) is 12.9. The van der Waals surface area contributed by atoms with Crippen LogP contribution in [0.4, 0.5) is 0 Å². The maximum Gasteiger partial charge on any atom is 0.156 e. The highest BCUT2D eigenvalue weighted by molar-refractivity contribution is 5.13. The number of nitrogens with zero attached hydrogens (tertiary/aromatic N) is 2. The third-order valence-electron chi connectivity index (χ3n) is 2.68. The predicted octanol–water partition coefficient (Wildman–Crippen LogP) is 3.52. The molecule has 16 heavy (non-hydrogen) atoms. The molecular weight excluding hydrogens is 200 g/mol. The largest absolute Gasteiger partial charge is 0.484 e. The van der Waals surface area contributed by atoms with Crippen molar-refractivity contribution < 1.29 is 4.74 Å². The van der Waals surface area contributed by atoms with Crippen LogP contribution in [0.5, 0.6) is 5.75 Å². The van der Waals surface area contributed by atoms with E-state index in [-0.39, 0.29) is 5.60 Å². The Balaban J connectivity index is 2.70. The average molecular weight is 222 g/mol. The number of hydrogen-bond donors (Lipinski definition) is 0. The van der Waals surface area contributed by atoms with Crippen LogP contribution in [0.15, 0.2) is 12.4 Å². The van der Waals surface area contributed by atoms with Crippen molar-refractivity contribution in [2.75, 3.05) is 0 Å². The molecule has 90 valence electrons. The highest BCUT2D eigenvalue weighted by Crippen LogP contribution is 2.25. The van der Waals surface area contributed by atoms with E-state index in [9.17, 15) is 0 Å². The number of aromatic nitrogens is 2. The lowest BCUT2D eigenvalue weighted by atomic mass is 9.95. The van der Waals surface area contributed by atoms with Gasteiger partial charge < -0.3 is 4.74 Å². The molecule has 0 aromatic carbocycles. The molecule has 0 saturated carbocycles. The van der Waals surface area contributed by atoms with Gasteiger partial charge in [-0.25, -0.2) is 9.97 Å². The van der Waals surface area contributed by atoms with Crippen LogP contribution in [-0.2, 0) is 0 Å². The summed E-state index contributed by atoms with van der Waals surface area (Å²) in [6.07, 6.45) is 7.90. The van der Waals surface area contributed by atoms with Crippen LogP contribution in [0.1, 0.15) is 52.3 Å². The van der Waals surface area contributed by atoms with Crippen molar-refractivity contribution in [1.82, 2.24) is 9.97 Å². The van der Waals surface area contributed by atoms with Gasteiger partial charge in [0.05, 0.1) is 12.4 Å². The summed E-state index contributed by atoms with van der Waals surface area (Å²) in [6, 6.07) is 0. The molecule has 0 fully saturated rings. The van der Waals surface area contributed by atoms with Crippen molar-refractivity contribution in [1.29, 1.82) is 0 Å². The highest BCUT2D eigenvalue weighted by atomic mass is 16.5. The van der Waals surface area contributed by atoms with Crippen molar-refractivity contribution in [3.63, 3.8) is 0 Å². The van der Waals surface area contributed by atoms with Gasteiger partial charge in [-0.05, 0) is 26.7 Å². The summed E-state index contributed by atoms with van der Waals surface area (Å²) in [5, 5.41) is 0. The van der Waals surface area contributed by atoms with Crippen LogP contribution in [-0.4, -0.2) is 15.6 Å². The zero-order valence-corrected chi connectivity index (χ0v) is 10.8. The van der Waals surface area contributed by atoms with Crippen LogP contribution in [0.25, 0.3) is 0 Å². The van der Waals surface area contributed by atoms with Gasteiger partial charge in [0, 0.05) is 0 Å². The first-order chi connectivity index (χ1) is 7.59. The van der Waals surface area contributed by atoms with E-state index < -0.39 is 0 Å². The van der Waals surface area contributed by atoms with E-state index in [1.54, 1.807) is 12.4 Å². The topological polar surface area (TPSA) is 35.0 Å². The van der Waals surface area contributed by atoms with Crippen molar-refractivity contribution >= 4 is 0 Å². The molecule has 1 aromatic rings. The Morgan fingerprint density at radius 3 is 2.06 bits per heavy atom. The number of aryl methyl sites for hydroxylation is 1. The van der Waals surface area contributed by atoms with Crippen LogP contribution in [0, 0.1) is 6.92 Å². The Bertz CT molecular complexity index is 302. The molecule has 1 heterocycles. The monoisotopic (exact) mass is 222 g/mol. The molecule has 0 atom stereocenters. The summed E-state index contributed by atoms with van der Waals surface area (Å²) < 4.78 is 6.01. The van der Waals surface area contributed by atoms with Gasteiger partial charge in [-0.1, -0.05) is 26.7 Å². The molecule has 0 aliphatic rings. The minimum absolute atomic E-state index is 0.0812. The molecule has 3 nitrogen and oxygen atoms in total. The lowest BCUT2D eigenvalue weighted by molar-refractivity contribution is 0.0671. The van der Waals surface area contributed by atoms with Gasteiger partial charge in [0.25, 0.3) is 0 Å². The Morgan fingerprint density at radius 2 is 1.62 bits per heavy atom. The van der Waals surface area contributed by atoms with Crippen LogP contribution < -0.4 is 4.74 Å². The van der Waals surface area contributed by atoms with Gasteiger partial charge in [0.15, 0.2) is 5.75 Å². The minimum Gasteiger partial charge on any atom is -0.484 e. The molecule has 0 aliphatic heterocycles. The van der Waals surface area contributed by atoms with E-state index >= 15 is 0 Å². The third kappa shape index (κ3) is 3.80. The lowest BCUT2D eigenvalue weighted by Crippen LogP contribution is -2.32. The standard InChI is InChI=1S/C13H22N2O/c1-5-7-13(4,8-6-2)16-12-9-14-11(3)15-10-12/h9-10H,5-8H2,1-4H3. The predicted molar refractivity (Wildman–Crippen MR) is 65.6 cm³/mol. The molecule has 1 aromatic heterocycles. The van der Waals surface area contributed by atoms with E-state index in [4.69, 9.17) is 4.74 Å². The van der Waals surface area contributed by atoms with Gasteiger partial charge in [0.1, 0.15) is 11.4 Å². The van der Waals surface area contributed by atoms with Crippen molar-refractivity contribution in [2.45, 2.75) is 59.0 Å². The summed E-state index contributed by atoms with van der Waals surface area (Å²) in [4.78, 5) is 8.29. The van der Waals surface area contributed by atoms with Crippen LogP contribution >= 0.6 is 0 Å². The van der Waals surface area contributed by atoms with Gasteiger partial charge >= 0.3 is 0 Å². The maximum atomic E-state index is 6.01. The fourth-order valence-electron chi connectivity index (χ4n) is 2.00. The molecule has 0 saturated heterocycles. The second kappa shape index (κ2) is 5.83. The quantitative estimate of drug-likeness (QED) is 0.738. The molecule has 0 aliphatic carbocycles. The maximum absolute atomic E-state index is 6.01.